The van der Waals surface area contributed by atoms with E-state index in [-0.39, 0.29) is 0 Å². The Balaban J connectivity index is 1.74. The number of para-hydroxylation sites is 1. The van der Waals surface area contributed by atoms with Crippen LogP contribution in [0.15, 0.2) is 43.0 Å². The fraction of sp³-hybridized carbons (Fsp3) is 0.154. The Bertz CT molecular complexity index is 627. The number of aromatic amines is 1. The van der Waals surface area contributed by atoms with E-state index in [0.717, 1.165) is 35.5 Å². The maximum atomic E-state index is 4.27. The van der Waals surface area contributed by atoms with Crippen molar-refractivity contribution in [3.05, 3.63) is 48.8 Å². The summed E-state index contributed by atoms with van der Waals surface area (Å²) in [7, 11) is 0. The van der Waals surface area contributed by atoms with Crippen LogP contribution < -0.4 is 5.32 Å². The smallest absolute Gasteiger partial charge is 0.137 e. The Labute approximate surface area is 104 Å². The molecule has 0 aliphatic heterocycles. The highest BCUT2D eigenvalue weighted by Gasteiger charge is 2.02. The highest BCUT2D eigenvalue weighted by Crippen LogP contribution is 2.17. The van der Waals surface area contributed by atoms with Gasteiger partial charge in [-0.15, -0.1) is 0 Å². The summed E-state index contributed by atoms with van der Waals surface area (Å²) in [6.45, 7) is 0.786. The first-order chi connectivity index (χ1) is 8.93. The average Bonchev–Trinajstić information content (AvgIpc) is 2.92. The zero-order valence-corrected chi connectivity index (χ0v) is 9.80. The van der Waals surface area contributed by atoms with Crippen molar-refractivity contribution in [2.45, 2.75) is 6.42 Å². The van der Waals surface area contributed by atoms with Crippen LogP contribution in [-0.4, -0.2) is 26.5 Å². The molecule has 5 heteroatoms. The lowest BCUT2D eigenvalue weighted by Gasteiger charge is -2.06. The second kappa shape index (κ2) is 4.83. The Hall–Kier alpha value is -2.43. The molecule has 0 amide bonds. The summed E-state index contributed by atoms with van der Waals surface area (Å²) in [6, 6.07) is 7.96. The average molecular weight is 239 g/mol. The van der Waals surface area contributed by atoms with Crippen LogP contribution in [0.3, 0.4) is 0 Å². The molecule has 0 unspecified atom stereocenters. The first-order valence-corrected chi connectivity index (χ1v) is 5.85. The van der Waals surface area contributed by atoms with Gasteiger partial charge in [0, 0.05) is 30.7 Å². The number of hydrogen-bond acceptors (Lipinski definition) is 4. The SMILES string of the molecule is c1ccc2c(NCCc3ncc[nH]3)ncnc2c1. The predicted octanol–water partition coefficient (Wildman–Crippen LogP) is 2.01. The third kappa shape index (κ3) is 2.15. The summed E-state index contributed by atoms with van der Waals surface area (Å²) in [5, 5.41) is 4.36. The van der Waals surface area contributed by atoms with Gasteiger partial charge >= 0.3 is 0 Å². The van der Waals surface area contributed by atoms with E-state index in [0.29, 0.717) is 0 Å². The van der Waals surface area contributed by atoms with E-state index in [1.54, 1.807) is 12.5 Å². The van der Waals surface area contributed by atoms with Crippen molar-refractivity contribution in [2.75, 3.05) is 11.9 Å². The van der Waals surface area contributed by atoms with E-state index < -0.39 is 0 Å². The van der Waals surface area contributed by atoms with Gasteiger partial charge in [0.15, 0.2) is 0 Å². The molecular formula is C13H13N5. The van der Waals surface area contributed by atoms with Crippen molar-refractivity contribution in [1.29, 1.82) is 0 Å². The lowest BCUT2D eigenvalue weighted by atomic mass is 10.2. The minimum Gasteiger partial charge on any atom is -0.369 e. The van der Waals surface area contributed by atoms with Gasteiger partial charge in [0.2, 0.25) is 0 Å². The van der Waals surface area contributed by atoms with Crippen molar-refractivity contribution in [3.63, 3.8) is 0 Å². The first kappa shape index (κ1) is 10.7. The third-order valence-electron chi connectivity index (χ3n) is 2.75. The Morgan fingerprint density at radius 2 is 2.06 bits per heavy atom. The molecule has 90 valence electrons. The van der Waals surface area contributed by atoms with Gasteiger partial charge in [-0.3, -0.25) is 0 Å². The fourth-order valence-corrected chi connectivity index (χ4v) is 1.88. The van der Waals surface area contributed by atoms with Crippen LogP contribution in [0.4, 0.5) is 5.82 Å². The molecule has 2 N–H and O–H groups in total. The number of nitrogens with one attached hydrogen (secondary N) is 2. The van der Waals surface area contributed by atoms with Gasteiger partial charge in [-0.1, -0.05) is 12.1 Å². The zero-order valence-electron chi connectivity index (χ0n) is 9.80. The van der Waals surface area contributed by atoms with Gasteiger partial charge in [-0.05, 0) is 12.1 Å². The van der Waals surface area contributed by atoms with Crippen LogP contribution in [0.25, 0.3) is 10.9 Å². The molecule has 0 saturated heterocycles. The number of hydrogen-bond donors (Lipinski definition) is 2. The van der Waals surface area contributed by atoms with Gasteiger partial charge in [0.1, 0.15) is 18.0 Å². The number of aromatic nitrogens is 4. The molecule has 0 spiro atoms. The minimum absolute atomic E-state index is 0.786. The molecule has 0 bridgehead atoms. The number of imidazole rings is 1. The molecule has 3 aromatic rings. The molecule has 0 radical (unpaired) electrons. The van der Waals surface area contributed by atoms with E-state index in [1.165, 1.54) is 0 Å². The lowest BCUT2D eigenvalue weighted by molar-refractivity contribution is 0.922. The van der Waals surface area contributed by atoms with Crippen LogP contribution in [0.2, 0.25) is 0 Å². The molecule has 3 rings (SSSR count). The lowest BCUT2D eigenvalue weighted by Crippen LogP contribution is -2.07. The maximum Gasteiger partial charge on any atom is 0.137 e. The van der Waals surface area contributed by atoms with E-state index in [4.69, 9.17) is 0 Å². The summed E-state index contributed by atoms with van der Waals surface area (Å²) in [6.07, 6.45) is 6.01. The first-order valence-electron chi connectivity index (χ1n) is 5.85. The number of H-pyrrole nitrogens is 1. The van der Waals surface area contributed by atoms with Crippen molar-refractivity contribution < 1.29 is 0 Å². The molecule has 0 aliphatic rings. The molecule has 2 heterocycles. The Morgan fingerprint density at radius 3 is 2.94 bits per heavy atom. The highest BCUT2D eigenvalue weighted by atomic mass is 15.0. The van der Waals surface area contributed by atoms with Gasteiger partial charge in [-0.25, -0.2) is 15.0 Å². The van der Waals surface area contributed by atoms with Crippen LogP contribution in [-0.2, 0) is 6.42 Å². The molecule has 2 aromatic heterocycles. The van der Waals surface area contributed by atoms with E-state index in [2.05, 4.69) is 25.3 Å². The van der Waals surface area contributed by atoms with Gasteiger partial charge in [0.25, 0.3) is 0 Å². The predicted molar refractivity (Wildman–Crippen MR) is 70.3 cm³/mol. The number of fused-ring (bicyclic) bond motifs is 1. The Kier molecular flexibility index (Phi) is 2.87. The van der Waals surface area contributed by atoms with Crippen LogP contribution >= 0.6 is 0 Å². The number of nitrogens with zero attached hydrogens (tertiary/aromatic N) is 3. The summed E-state index contributed by atoms with van der Waals surface area (Å²) < 4.78 is 0. The van der Waals surface area contributed by atoms with Crippen molar-refractivity contribution >= 4 is 16.7 Å². The summed E-state index contributed by atoms with van der Waals surface area (Å²) >= 11 is 0. The van der Waals surface area contributed by atoms with E-state index in [1.807, 2.05) is 30.5 Å². The van der Waals surface area contributed by atoms with Crippen molar-refractivity contribution in [1.82, 2.24) is 19.9 Å². The van der Waals surface area contributed by atoms with Crippen molar-refractivity contribution in [3.8, 4) is 0 Å². The zero-order chi connectivity index (χ0) is 12.2. The van der Waals surface area contributed by atoms with Crippen LogP contribution in [0, 0.1) is 0 Å². The fourth-order valence-electron chi connectivity index (χ4n) is 1.88. The van der Waals surface area contributed by atoms with Gasteiger partial charge in [0.05, 0.1) is 5.52 Å². The molecule has 0 aliphatic carbocycles. The third-order valence-corrected chi connectivity index (χ3v) is 2.75. The normalized spacial score (nSPS) is 10.7. The molecule has 0 saturated carbocycles. The topological polar surface area (TPSA) is 66.5 Å². The minimum atomic E-state index is 0.786. The van der Waals surface area contributed by atoms with Gasteiger partial charge < -0.3 is 10.3 Å². The maximum absolute atomic E-state index is 4.27. The molecule has 0 atom stereocenters. The molecule has 1 aromatic carbocycles. The number of anilines is 1. The van der Waals surface area contributed by atoms with Gasteiger partial charge in [-0.2, -0.15) is 0 Å². The van der Waals surface area contributed by atoms with Crippen LogP contribution in [0.5, 0.6) is 0 Å². The standard InChI is InChI=1S/C13H13N5/c1-2-4-11-10(3-1)13(18-9-17-11)16-6-5-12-14-7-8-15-12/h1-4,7-9H,5-6H2,(H,14,15)(H,16,17,18). The monoisotopic (exact) mass is 239 g/mol. The van der Waals surface area contributed by atoms with Crippen molar-refractivity contribution in [2.24, 2.45) is 0 Å². The van der Waals surface area contributed by atoms with E-state index >= 15 is 0 Å². The Morgan fingerprint density at radius 1 is 1.11 bits per heavy atom. The molecule has 5 nitrogen and oxygen atoms in total. The molecular weight excluding hydrogens is 226 g/mol. The molecule has 0 fully saturated rings. The highest BCUT2D eigenvalue weighted by molar-refractivity contribution is 5.88. The second-order valence-corrected chi connectivity index (χ2v) is 3.95. The summed E-state index contributed by atoms with van der Waals surface area (Å²) in [4.78, 5) is 15.8. The quantitative estimate of drug-likeness (QED) is 0.731. The summed E-state index contributed by atoms with van der Waals surface area (Å²) in [5.41, 5.74) is 0.952. The number of rotatable bonds is 4. The van der Waals surface area contributed by atoms with E-state index in [9.17, 15) is 0 Å². The summed E-state index contributed by atoms with van der Waals surface area (Å²) in [5.74, 6) is 1.84. The molecule has 18 heavy (non-hydrogen) atoms. The largest absolute Gasteiger partial charge is 0.369 e. The number of benzene rings is 1. The second-order valence-electron chi connectivity index (χ2n) is 3.95. The van der Waals surface area contributed by atoms with Crippen LogP contribution in [0.1, 0.15) is 5.82 Å².